The van der Waals surface area contributed by atoms with Crippen molar-refractivity contribution in [1.82, 2.24) is 0 Å². The highest BCUT2D eigenvalue weighted by molar-refractivity contribution is 5.77. The molecule has 0 heterocycles. The van der Waals surface area contributed by atoms with Crippen molar-refractivity contribution in [2.75, 3.05) is 0 Å². The minimum Gasteiger partial charge on any atom is -0.479 e. The van der Waals surface area contributed by atoms with E-state index in [-0.39, 0.29) is 5.56 Å². The van der Waals surface area contributed by atoms with Crippen molar-refractivity contribution >= 4 is 5.97 Å². The summed E-state index contributed by atoms with van der Waals surface area (Å²) < 4.78 is 50.5. The number of aliphatic carboxylic acids is 1. The number of hydrogen-bond acceptors (Lipinski definition) is 1. The monoisotopic (exact) mass is 250 g/mol. The first-order valence-corrected chi connectivity index (χ1v) is 4.71. The topological polar surface area (TPSA) is 37.3 Å². The molecule has 1 aromatic carbocycles. The highest BCUT2D eigenvalue weighted by Crippen LogP contribution is 2.30. The molecule has 17 heavy (non-hydrogen) atoms. The van der Waals surface area contributed by atoms with Crippen molar-refractivity contribution in [2.45, 2.75) is 25.2 Å². The lowest BCUT2D eigenvalue weighted by Gasteiger charge is -2.15. The molecule has 0 bridgehead atoms. The standard InChI is InChI=1S/C11H10F4O2/c1-10(12,9(16)17)6-7-3-2-4-8(5-7)11(13,14)15/h2-5H,6H2,1H3,(H,16,17). The van der Waals surface area contributed by atoms with Crippen LogP contribution in [0.5, 0.6) is 0 Å². The van der Waals surface area contributed by atoms with Crippen LogP contribution in [-0.4, -0.2) is 16.7 Å². The second-order valence-corrected chi connectivity index (χ2v) is 3.88. The highest BCUT2D eigenvalue weighted by Gasteiger charge is 2.34. The first kappa shape index (κ1) is 13.5. The molecule has 0 amide bonds. The van der Waals surface area contributed by atoms with Crippen molar-refractivity contribution < 1.29 is 27.5 Å². The summed E-state index contributed by atoms with van der Waals surface area (Å²) >= 11 is 0. The second-order valence-electron chi connectivity index (χ2n) is 3.88. The molecule has 2 nitrogen and oxygen atoms in total. The molecule has 0 aromatic heterocycles. The van der Waals surface area contributed by atoms with E-state index in [0.29, 0.717) is 0 Å². The van der Waals surface area contributed by atoms with Crippen molar-refractivity contribution in [1.29, 1.82) is 0 Å². The van der Waals surface area contributed by atoms with Gasteiger partial charge in [0.1, 0.15) is 0 Å². The highest BCUT2D eigenvalue weighted by atomic mass is 19.4. The lowest BCUT2D eigenvalue weighted by molar-refractivity contribution is -0.149. The largest absolute Gasteiger partial charge is 0.479 e. The van der Waals surface area contributed by atoms with Crippen molar-refractivity contribution in [3.8, 4) is 0 Å². The molecule has 0 spiro atoms. The summed E-state index contributed by atoms with van der Waals surface area (Å²) in [4.78, 5) is 10.5. The third-order valence-electron chi connectivity index (χ3n) is 2.24. The normalized spacial score (nSPS) is 15.4. The Kier molecular flexibility index (Phi) is 3.45. The Hall–Kier alpha value is -1.59. The molecule has 1 rings (SSSR count). The minimum atomic E-state index is -4.52. The van der Waals surface area contributed by atoms with Crippen molar-refractivity contribution in [3.05, 3.63) is 35.4 Å². The van der Waals surface area contributed by atoms with Crippen LogP contribution < -0.4 is 0 Å². The molecule has 1 N–H and O–H groups in total. The van der Waals surface area contributed by atoms with Gasteiger partial charge >= 0.3 is 12.1 Å². The molecule has 0 radical (unpaired) electrons. The number of rotatable bonds is 3. The maximum Gasteiger partial charge on any atom is 0.416 e. The number of benzene rings is 1. The Labute approximate surface area is 94.9 Å². The van der Waals surface area contributed by atoms with E-state index in [0.717, 1.165) is 25.1 Å². The van der Waals surface area contributed by atoms with Crippen LogP contribution in [0.15, 0.2) is 24.3 Å². The van der Waals surface area contributed by atoms with E-state index in [9.17, 15) is 22.4 Å². The molecule has 0 saturated heterocycles. The number of alkyl halides is 4. The fourth-order valence-corrected chi connectivity index (χ4v) is 1.32. The summed E-state index contributed by atoms with van der Waals surface area (Å²) in [5, 5.41) is 8.53. The third kappa shape index (κ3) is 3.44. The van der Waals surface area contributed by atoms with Gasteiger partial charge in [-0.15, -0.1) is 0 Å². The zero-order chi connectivity index (χ0) is 13.3. The van der Waals surface area contributed by atoms with Crippen LogP contribution in [0.4, 0.5) is 17.6 Å². The van der Waals surface area contributed by atoms with Gasteiger partial charge in [-0.05, 0) is 18.6 Å². The maximum atomic E-state index is 13.4. The molecule has 94 valence electrons. The van der Waals surface area contributed by atoms with Crippen LogP contribution in [0.2, 0.25) is 0 Å². The number of carboxylic acids is 1. The summed E-state index contributed by atoms with van der Waals surface area (Å²) in [5.74, 6) is -1.70. The van der Waals surface area contributed by atoms with E-state index >= 15 is 0 Å². The average molecular weight is 250 g/mol. The average Bonchev–Trinajstić information content (AvgIpc) is 2.15. The number of hydrogen-bond donors (Lipinski definition) is 1. The van der Waals surface area contributed by atoms with Crippen LogP contribution in [0.1, 0.15) is 18.1 Å². The SMILES string of the molecule is CC(F)(Cc1cccc(C(F)(F)F)c1)C(=O)O. The summed E-state index contributed by atoms with van der Waals surface area (Å²) in [6.07, 6.45) is -5.13. The van der Waals surface area contributed by atoms with Gasteiger partial charge in [0.15, 0.2) is 0 Å². The molecule has 0 aliphatic heterocycles. The number of halogens is 4. The third-order valence-corrected chi connectivity index (χ3v) is 2.24. The molecule has 0 saturated carbocycles. The first-order chi connectivity index (χ1) is 7.63. The van der Waals surface area contributed by atoms with Crippen LogP contribution >= 0.6 is 0 Å². The van der Waals surface area contributed by atoms with Gasteiger partial charge in [-0.25, -0.2) is 9.18 Å². The van der Waals surface area contributed by atoms with Crippen LogP contribution in [-0.2, 0) is 17.4 Å². The van der Waals surface area contributed by atoms with Gasteiger partial charge in [0.25, 0.3) is 0 Å². The van der Waals surface area contributed by atoms with Gasteiger partial charge in [-0.2, -0.15) is 13.2 Å². The predicted molar refractivity (Wildman–Crippen MR) is 52.3 cm³/mol. The summed E-state index contributed by atoms with van der Waals surface area (Å²) in [5.41, 5.74) is -3.51. The smallest absolute Gasteiger partial charge is 0.416 e. The Morgan fingerprint density at radius 2 is 1.88 bits per heavy atom. The minimum absolute atomic E-state index is 0.00720. The summed E-state index contributed by atoms with van der Waals surface area (Å²) in [6, 6.07) is 3.98. The van der Waals surface area contributed by atoms with E-state index in [1.165, 1.54) is 6.07 Å². The molecule has 1 unspecified atom stereocenters. The Balaban J connectivity index is 2.98. The van der Waals surface area contributed by atoms with E-state index in [4.69, 9.17) is 5.11 Å². The van der Waals surface area contributed by atoms with E-state index in [2.05, 4.69) is 0 Å². The van der Waals surface area contributed by atoms with Crippen LogP contribution in [0, 0.1) is 0 Å². The maximum absolute atomic E-state index is 13.4. The molecule has 0 aliphatic carbocycles. The Morgan fingerprint density at radius 3 is 2.35 bits per heavy atom. The number of carbonyl (C=O) groups is 1. The molecule has 0 aliphatic rings. The van der Waals surface area contributed by atoms with Gasteiger partial charge in [0, 0.05) is 6.42 Å². The molecule has 1 atom stereocenters. The lowest BCUT2D eigenvalue weighted by Crippen LogP contribution is -2.32. The van der Waals surface area contributed by atoms with Gasteiger partial charge in [0.05, 0.1) is 5.56 Å². The Morgan fingerprint density at radius 1 is 1.29 bits per heavy atom. The number of carboxylic acid groups (broad SMARTS) is 1. The fourth-order valence-electron chi connectivity index (χ4n) is 1.32. The van der Waals surface area contributed by atoms with Gasteiger partial charge in [-0.3, -0.25) is 0 Å². The molecule has 1 aromatic rings. The zero-order valence-electron chi connectivity index (χ0n) is 8.88. The quantitative estimate of drug-likeness (QED) is 0.837. The van der Waals surface area contributed by atoms with Crippen LogP contribution in [0.3, 0.4) is 0 Å². The van der Waals surface area contributed by atoms with Crippen molar-refractivity contribution in [3.63, 3.8) is 0 Å². The molecular weight excluding hydrogens is 240 g/mol. The summed E-state index contributed by atoms with van der Waals surface area (Å²) in [7, 11) is 0. The van der Waals surface area contributed by atoms with Crippen LogP contribution in [0.25, 0.3) is 0 Å². The van der Waals surface area contributed by atoms with E-state index < -0.39 is 29.8 Å². The van der Waals surface area contributed by atoms with Crippen molar-refractivity contribution in [2.24, 2.45) is 0 Å². The first-order valence-electron chi connectivity index (χ1n) is 4.71. The van der Waals surface area contributed by atoms with Gasteiger partial charge < -0.3 is 5.11 Å². The van der Waals surface area contributed by atoms with E-state index in [1.54, 1.807) is 0 Å². The fraction of sp³-hybridized carbons (Fsp3) is 0.364. The summed E-state index contributed by atoms with van der Waals surface area (Å²) in [6.45, 7) is 0.815. The molecule has 0 fully saturated rings. The Bertz CT molecular complexity index is 424. The second kappa shape index (κ2) is 4.35. The van der Waals surface area contributed by atoms with Gasteiger partial charge in [-0.1, -0.05) is 18.2 Å². The zero-order valence-corrected chi connectivity index (χ0v) is 8.88. The molecule has 6 heteroatoms. The lowest BCUT2D eigenvalue weighted by atomic mass is 9.97. The van der Waals surface area contributed by atoms with E-state index in [1.807, 2.05) is 0 Å². The van der Waals surface area contributed by atoms with Gasteiger partial charge in [0.2, 0.25) is 5.67 Å². The molecular formula is C11H10F4O2. The predicted octanol–water partition coefficient (Wildman–Crippen LogP) is 3.06.